The first kappa shape index (κ1) is 25.1. The molecule has 0 bridgehead atoms. The van der Waals surface area contributed by atoms with Gasteiger partial charge in [0, 0.05) is 23.4 Å². The Kier molecular flexibility index (Phi) is 8.66. The molecular formula is C26H27N3O6. The second-order valence-corrected chi connectivity index (χ2v) is 7.34. The number of hydrogen-bond donors (Lipinski definition) is 3. The number of hydrogen-bond acceptors (Lipinski definition) is 6. The second-order valence-electron chi connectivity index (χ2n) is 7.34. The maximum absolute atomic E-state index is 12.7. The van der Waals surface area contributed by atoms with E-state index in [4.69, 9.17) is 14.2 Å². The van der Waals surface area contributed by atoms with Crippen molar-refractivity contribution in [3.05, 3.63) is 72.3 Å². The van der Waals surface area contributed by atoms with Crippen LogP contribution in [0.4, 0.5) is 17.1 Å². The molecule has 3 amide bonds. The lowest BCUT2D eigenvalue weighted by Gasteiger charge is -2.13. The average Bonchev–Trinajstić information content (AvgIpc) is 2.87. The summed E-state index contributed by atoms with van der Waals surface area (Å²) in [7, 11) is 2.96. The van der Waals surface area contributed by atoms with Gasteiger partial charge in [0.1, 0.15) is 5.75 Å². The SMILES string of the molecule is CCC(=O)Nc1cccc(NC(=O)c2ccc(OCC(=O)Nc3ccccc3OC)c(OC)c2)c1. The van der Waals surface area contributed by atoms with Gasteiger partial charge in [-0.3, -0.25) is 14.4 Å². The lowest BCUT2D eigenvalue weighted by Crippen LogP contribution is -2.20. The molecule has 0 aliphatic heterocycles. The highest BCUT2D eigenvalue weighted by atomic mass is 16.5. The molecule has 0 saturated carbocycles. The highest BCUT2D eigenvalue weighted by Gasteiger charge is 2.14. The van der Waals surface area contributed by atoms with E-state index < -0.39 is 0 Å². The van der Waals surface area contributed by atoms with Gasteiger partial charge in [-0.1, -0.05) is 25.1 Å². The predicted molar refractivity (Wildman–Crippen MR) is 133 cm³/mol. The number of methoxy groups -OCH3 is 2. The molecule has 9 heteroatoms. The number of carbonyl (C=O) groups is 3. The zero-order chi connectivity index (χ0) is 25.2. The molecule has 0 fully saturated rings. The largest absolute Gasteiger partial charge is 0.495 e. The Morgan fingerprint density at radius 3 is 2.14 bits per heavy atom. The molecule has 3 aromatic carbocycles. The van der Waals surface area contributed by atoms with Gasteiger partial charge in [-0.05, 0) is 48.5 Å². The third-order valence-corrected chi connectivity index (χ3v) is 4.89. The molecule has 3 aromatic rings. The molecule has 0 aliphatic rings. The van der Waals surface area contributed by atoms with Crippen LogP contribution in [0.25, 0.3) is 0 Å². The number of anilines is 3. The topological polar surface area (TPSA) is 115 Å². The molecule has 0 heterocycles. The van der Waals surface area contributed by atoms with Crippen molar-refractivity contribution in [1.82, 2.24) is 0 Å². The number of amides is 3. The quantitative estimate of drug-likeness (QED) is 0.401. The van der Waals surface area contributed by atoms with E-state index in [0.717, 1.165) is 0 Å². The van der Waals surface area contributed by atoms with E-state index in [1.54, 1.807) is 67.6 Å². The lowest BCUT2D eigenvalue weighted by molar-refractivity contribution is -0.118. The van der Waals surface area contributed by atoms with E-state index in [9.17, 15) is 14.4 Å². The van der Waals surface area contributed by atoms with Crippen molar-refractivity contribution < 1.29 is 28.6 Å². The molecule has 3 N–H and O–H groups in total. The summed E-state index contributed by atoms with van der Waals surface area (Å²) in [5.41, 5.74) is 1.97. The third-order valence-electron chi connectivity index (χ3n) is 4.89. The highest BCUT2D eigenvalue weighted by molar-refractivity contribution is 6.05. The van der Waals surface area contributed by atoms with Gasteiger partial charge in [-0.2, -0.15) is 0 Å². The summed E-state index contributed by atoms with van der Waals surface area (Å²) < 4.78 is 16.2. The van der Waals surface area contributed by atoms with Crippen LogP contribution in [0.5, 0.6) is 17.2 Å². The van der Waals surface area contributed by atoms with Crippen molar-refractivity contribution in [2.24, 2.45) is 0 Å². The molecule has 182 valence electrons. The van der Waals surface area contributed by atoms with E-state index >= 15 is 0 Å². The fourth-order valence-corrected chi connectivity index (χ4v) is 3.13. The van der Waals surface area contributed by atoms with Gasteiger partial charge in [0.05, 0.1) is 19.9 Å². The Labute approximate surface area is 203 Å². The Morgan fingerprint density at radius 2 is 1.43 bits per heavy atom. The molecule has 3 rings (SSSR count). The minimum absolute atomic E-state index is 0.120. The van der Waals surface area contributed by atoms with Crippen LogP contribution in [-0.2, 0) is 9.59 Å². The normalized spacial score (nSPS) is 10.1. The van der Waals surface area contributed by atoms with Crippen LogP contribution in [0.2, 0.25) is 0 Å². The Bertz CT molecular complexity index is 1210. The van der Waals surface area contributed by atoms with Gasteiger partial charge in [0.25, 0.3) is 11.8 Å². The molecule has 0 unspecified atom stereocenters. The van der Waals surface area contributed by atoms with Crippen molar-refractivity contribution in [1.29, 1.82) is 0 Å². The summed E-state index contributed by atoms with van der Waals surface area (Å²) in [5.74, 6) is 0.267. The smallest absolute Gasteiger partial charge is 0.262 e. The summed E-state index contributed by atoms with van der Waals surface area (Å²) >= 11 is 0. The third kappa shape index (κ3) is 6.97. The summed E-state index contributed by atoms with van der Waals surface area (Å²) in [5, 5.41) is 8.26. The van der Waals surface area contributed by atoms with Crippen LogP contribution >= 0.6 is 0 Å². The zero-order valence-electron chi connectivity index (χ0n) is 19.7. The number of ether oxygens (including phenoxy) is 3. The molecule has 0 atom stereocenters. The molecule has 0 saturated heterocycles. The van der Waals surface area contributed by atoms with Gasteiger partial charge >= 0.3 is 0 Å². The molecular weight excluding hydrogens is 450 g/mol. The van der Waals surface area contributed by atoms with Crippen molar-refractivity contribution in [2.45, 2.75) is 13.3 Å². The van der Waals surface area contributed by atoms with Crippen molar-refractivity contribution in [3.8, 4) is 17.2 Å². The average molecular weight is 478 g/mol. The highest BCUT2D eigenvalue weighted by Crippen LogP contribution is 2.29. The van der Waals surface area contributed by atoms with Crippen molar-refractivity contribution in [2.75, 3.05) is 36.8 Å². The molecule has 0 spiro atoms. The van der Waals surface area contributed by atoms with E-state index in [2.05, 4.69) is 16.0 Å². The van der Waals surface area contributed by atoms with E-state index in [0.29, 0.717) is 46.3 Å². The second kappa shape index (κ2) is 12.1. The summed E-state index contributed by atoms with van der Waals surface area (Å²) in [6, 6.07) is 18.5. The van der Waals surface area contributed by atoms with Crippen LogP contribution in [-0.4, -0.2) is 38.5 Å². The maximum Gasteiger partial charge on any atom is 0.262 e. The standard InChI is InChI=1S/C26H27N3O6/c1-4-24(30)27-18-8-7-9-19(15-18)28-26(32)17-12-13-22(23(14-17)34-3)35-16-25(31)29-20-10-5-6-11-21(20)33-2/h5-15H,4,16H2,1-3H3,(H,27,30)(H,28,32)(H,29,31). The van der Waals surface area contributed by atoms with E-state index in [1.165, 1.54) is 20.3 Å². The van der Waals surface area contributed by atoms with Crippen LogP contribution < -0.4 is 30.2 Å². The first-order chi connectivity index (χ1) is 16.9. The van der Waals surface area contributed by atoms with Crippen LogP contribution in [0, 0.1) is 0 Å². The Hall–Kier alpha value is -4.53. The maximum atomic E-state index is 12.7. The number of benzene rings is 3. The number of para-hydroxylation sites is 2. The summed E-state index contributed by atoms with van der Waals surface area (Å²) in [6.07, 6.45) is 0.354. The van der Waals surface area contributed by atoms with Gasteiger partial charge in [-0.15, -0.1) is 0 Å². The van der Waals surface area contributed by atoms with Crippen LogP contribution in [0.3, 0.4) is 0 Å². The minimum Gasteiger partial charge on any atom is -0.495 e. The van der Waals surface area contributed by atoms with Gasteiger partial charge in [-0.25, -0.2) is 0 Å². The monoisotopic (exact) mass is 477 g/mol. The summed E-state index contributed by atoms with van der Waals surface area (Å²) in [4.78, 5) is 36.7. The fraction of sp³-hybridized carbons (Fsp3) is 0.192. The first-order valence-electron chi connectivity index (χ1n) is 10.9. The van der Waals surface area contributed by atoms with Crippen LogP contribution in [0.15, 0.2) is 66.7 Å². The summed E-state index contributed by atoms with van der Waals surface area (Å²) in [6.45, 7) is 1.49. The van der Waals surface area contributed by atoms with E-state index in [-0.39, 0.29) is 24.3 Å². The molecule has 0 aromatic heterocycles. The predicted octanol–water partition coefficient (Wildman–Crippen LogP) is 4.32. The van der Waals surface area contributed by atoms with Gasteiger partial charge in [0.15, 0.2) is 18.1 Å². The van der Waals surface area contributed by atoms with Crippen molar-refractivity contribution >= 4 is 34.8 Å². The molecule has 0 radical (unpaired) electrons. The van der Waals surface area contributed by atoms with Gasteiger partial charge < -0.3 is 30.2 Å². The Morgan fingerprint density at radius 1 is 0.714 bits per heavy atom. The zero-order valence-corrected chi connectivity index (χ0v) is 19.7. The number of rotatable bonds is 10. The first-order valence-corrected chi connectivity index (χ1v) is 10.9. The molecule has 9 nitrogen and oxygen atoms in total. The van der Waals surface area contributed by atoms with Crippen LogP contribution in [0.1, 0.15) is 23.7 Å². The van der Waals surface area contributed by atoms with Crippen molar-refractivity contribution in [3.63, 3.8) is 0 Å². The molecule has 0 aliphatic carbocycles. The molecule has 35 heavy (non-hydrogen) atoms. The number of carbonyl (C=O) groups excluding carboxylic acids is 3. The minimum atomic E-state index is -0.381. The number of nitrogens with one attached hydrogen (secondary N) is 3. The Balaban J connectivity index is 1.63. The lowest BCUT2D eigenvalue weighted by atomic mass is 10.1. The fourth-order valence-electron chi connectivity index (χ4n) is 3.13. The van der Waals surface area contributed by atoms with Gasteiger partial charge in [0.2, 0.25) is 5.91 Å². The van der Waals surface area contributed by atoms with E-state index in [1.807, 2.05) is 0 Å².